The van der Waals surface area contributed by atoms with E-state index in [9.17, 15) is 9.59 Å². The number of hydrogen-bond acceptors (Lipinski definition) is 5. The van der Waals surface area contributed by atoms with Crippen LogP contribution in [0, 0.1) is 13.8 Å². The van der Waals surface area contributed by atoms with Crippen molar-refractivity contribution in [2.75, 3.05) is 18.5 Å². The van der Waals surface area contributed by atoms with Gasteiger partial charge in [0, 0.05) is 11.8 Å². The molecule has 0 fully saturated rings. The topological polar surface area (TPSA) is 73.9 Å². The van der Waals surface area contributed by atoms with Gasteiger partial charge in [-0.3, -0.25) is 4.79 Å². The molecule has 1 heterocycles. The molecule has 1 aliphatic heterocycles. The molecule has 6 nitrogen and oxygen atoms in total. The number of rotatable bonds is 4. The number of nitrogens with one attached hydrogen (secondary N) is 1. The second-order valence-corrected chi connectivity index (χ2v) is 6.21. The van der Waals surface area contributed by atoms with E-state index in [0.717, 1.165) is 11.1 Å². The van der Waals surface area contributed by atoms with Gasteiger partial charge in [-0.25, -0.2) is 4.79 Å². The summed E-state index contributed by atoms with van der Waals surface area (Å²) in [6.45, 7) is 6.29. The maximum absolute atomic E-state index is 12.3. The molecule has 0 bridgehead atoms. The Kier molecular flexibility index (Phi) is 5.11. The van der Waals surface area contributed by atoms with E-state index in [2.05, 4.69) is 5.32 Å². The Morgan fingerprint density at radius 2 is 1.77 bits per heavy atom. The Hall–Kier alpha value is -3.02. The minimum Gasteiger partial charge on any atom is -0.486 e. The highest BCUT2D eigenvalue weighted by Gasteiger charge is 2.21. The SMILES string of the molecule is Cc1ccc(C(=O)OC(C)C(=O)Nc2ccc3c(c2)OCCO3)c(C)c1. The van der Waals surface area contributed by atoms with Crippen LogP contribution in [0.2, 0.25) is 0 Å². The average Bonchev–Trinajstić information content (AvgIpc) is 2.61. The zero-order valence-corrected chi connectivity index (χ0v) is 15.0. The molecule has 1 unspecified atom stereocenters. The molecule has 1 amide bonds. The van der Waals surface area contributed by atoms with Gasteiger partial charge in [-0.2, -0.15) is 0 Å². The summed E-state index contributed by atoms with van der Waals surface area (Å²) in [5, 5.41) is 2.72. The van der Waals surface area contributed by atoms with Gasteiger partial charge in [-0.05, 0) is 44.5 Å². The van der Waals surface area contributed by atoms with Crippen LogP contribution in [0.5, 0.6) is 11.5 Å². The van der Waals surface area contributed by atoms with Crippen molar-refractivity contribution in [2.24, 2.45) is 0 Å². The van der Waals surface area contributed by atoms with Crippen molar-refractivity contribution in [1.82, 2.24) is 0 Å². The fraction of sp³-hybridized carbons (Fsp3) is 0.300. The Morgan fingerprint density at radius 1 is 1.04 bits per heavy atom. The van der Waals surface area contributed by atoms with Crippen LogP contribution in [-0.2, 0) is 9.53 Å². The normalized spacial score (nSPS) is 13.7. The number of benzene rings is 2. The minimum absolute atomic E-state index is 0.417. The highest BCUT2D eigenvalue weighted by Crippen LogP contribution is 2.32. The zero-order chi connectivity index (χ0) is 18.7. The van der Waals surface area contributed by atoms with Crippen LogP contribution in [-0.4, -0.2) is 31.2 Å². The lowest BCUT2D eigenvalue weighted by molar-refractivity contribution is -0.123. The van der Waals surface area contributed by atoms with Crippen LogP contribution in [0.3, 0.4) is 0 Å². The minimum atomic E-state index is -0.934. The number of anilines is 1. The average molecular weight is 355 g/mol. The molecule has 6 heteroatoms. The van der Waals surface area contributed by atoms with Crippen molar-refractivity contribution in [3.05, 3.63) is 53.1 Å². The maximum atomic E-state index is 12.3. The third-order valence-corrected chi connectivity index (χ3v) is 4.06. The highest BCUT2D eigenvalue weighted by molar-refractivity contribution is 5.98. The summed E-state index contributed by atoms with van der Waals surface area (Å²) in [7, 11) is 0. The fourth-order valence-electron chi connectivity index (χ4n) is 2.69. The lowest BCUT2D eigenvalue weighted by Gasteiger charge is -2.19. The first-order chi connectivity index (χ1) is 12.4. The van der Waals surface area contributed by atoms with E-state index in [-0.39, 0.29) is 0 Å². The van der Waals surface area contributed by atoms with Crippen LogP contribution < -0.4 is 14.8 Å². The van der Waals surface area contributed by atoms with E-state index in [1.165, 1.54) is 6.92 Å². The number of amides is 1. The molecular weight excluding hydrogens is 334 g/mol. The van der Waals surface area contributed by atoms with Crippen molar-refractivity contribution < 1.29 is 23.8 Å². The molecule has 0 saturated heterocycles. The molecule has 3 rings (SSSR count). The van der Waals surface area contributed by atoms with Gasteiger partial charge in [-0.1, -0.05) is 17.7 Å². The highest BCUT2D eigenvalue weighted by atomic mass is 16.6. The van der Waals surface area contributed by atoms with Gasteiger partial charge in [0.25, 0.3) is 5.91 Å². The van der Waals surface area contributed by atoms with Crippen LogP contribution >= 0.6 is 0 Å². The number of hydrogen-bond donors (Lipinski definition) is 1. The standard InChI is InChI=1S/C20H21NO5/c1-12-4-6-16(13(2)10-12)20(23)26-14(3)19(22)21-15-5-7-17-18(11-15)25-9-8-24-17/h4-7,10-11,14H,8-9H2,1-3H3,(H,21,22). The van der Waals surface area contributed by atoms with Crippen LogP contribution in [0.4, 0.5) is 5.69 Å². The van der Waals surface area contributed by atoms with Gasteiger partial charge in [0.2, 0.25) is 0 Å². The smallest absolute Gasteiger partial charge is 0.339 e. The van der Waals surface area contributed by atoms with Crippen LogP contribution in [0.25, 0.3) is 0 Å². The molecule has 1 atom stereocenters. The quantitative estimate of drug-likeness (QED) is 0.852. The molecule has 0 radical (unpaired) electrons. The lowest BCUT2D eigenvalue weighted by atomic mass is 10.1. The summed E-state index contributed by atoms with van der Waals surface area (Å²) in [6.07, 6.45) is -0.934. The van der Waals surface area contributed by atoms with Gasteiger partial charge in [0.15, 0.2) is 17.6 Å². The number of fused-ring (bicyclic) bond motifs is 1. The summed E-state index contributed by atoms with van der Waals surface area (Å²) in [5.74, 6) is 0.282. The number of carbonyl (C=O) groups excluding carboxylic acids is 2. The van der Waals surface area contributed by atoms with Gasteiger partial charge >= 0.3 is 5.97 Å². The van der Waals surface area contributed by atoms with Gasteiger partial charge in [0.05, 0.1) is 5.56 Å². The van der Waals surface area contributed by atoms with Gasteiger partial charge in [0.1, 0.15) is 13.2 Å². The first kappa shape index (κ1) is 17.8. The molecule has 2 aromatic carbocycles. The molecule has 0 aliphatic carbocycles. The number of ether oxygens (including phenoxy) is 3. The van der Waals surface area contributed by atoms with Crippen molar-refractivity contribution in [2.45, 2.75) is 26.9 Å². The number of carbonyl (C=O) groups is 2. The molecule has 0 aromatic heterocycles. The van der Waals surface area contributed by atoms with Crippen molar-refractivity contribution in [3.8, 4) is 11.5 Å². The Balaban J connectivity index is 1.63. The number of aryl methyl sites for hydroxylation is 2. The Morgan fingerprint density at radius 3 is 2.50 bits per heavy atom. The van der Waals surface area contributed by atoms with E-state index in [4.69, 9.17) is 14.2 Å². The maximum Gasteiger partial charge on any atom is 0.339 e. The Bertz CT molecular complexity index is 846. The van der Waals surface area contributed by atoms with E-state index < -0.39 is 18.0 Å². The third kappa shape index (κ3) is 3.96. The van der Waals surface area contributed by atoms with E-state index >= 15 is 0 Å². The summed E-state index contributed by atoms with van der Waals surface area (Å²) in [5.41, 5.74) is 2.88. The molecule has 0 saturated carbocycles. The van der Waals surface area contributed by atoms with Crippen molar-refractivity contribution >= 4 is 17.6 Å². The molecular formula is C20H21NO5. The second kappa shape index (κ2) is 7.47. The van der Waals surface area contributed by atoms with Gasteiger partial charge in [-0.15, -0.1) is 0 Å². The van der Waals surface area contributed by atoms with Gasteiger partial charge < -0.3 is 19.5 Å². The molecule has 0 spiro atoms. The molecule has 2 aromatic rings. The van der Waals surface area contributed by atoms with Crippen LogP contribution in [0.15, 0.2) is 36.4 Å². The predicted octanol–water partition coefficient (Wildman–Crippen LogP) is 3.26. The lowest BCUT2D eigenvalue weighted by Crippen LogP contribution is -2.30. The van der Waals surface area contributed by atoms with Crippen LogP contribution in [0.1, 0.15) is 28.4 Å². The molecule has 136 valence electrons. The first-order valence-corrected chi connectivity index (χ1v) is 8.43. The molecule has 26 heavy (non-hydrogen) atoms. The molecule has 1 N–H and O–H groups in total. The summed E-state index contributed by atoms with van der Waals surface area (Å²) in [4.78, 5) is 24.6. The Labute approximate surface area is 152 Å². The third-order valence-electron chi connectivity index (χ3n) is 4.06. The molecule has 1 aliphatic rings. The largest absolute Gasteiger partial charge is 0.486 e. The predicted molar refractivity (Wildman–Crippen MR) is 96.9 cm³/mol. The number of esters is 1. The summed E-state index contributed by atoms with van der Waals surface area (Å²) < 4.78 is 16.2. The van der Waals surface area contributed by atoms with E-state index in [1.807, 2.05) is 26.0 Å². The van der Waals surface area contributed by atoms with E-state index in [1.54, 1.807) is 24.3 Å². The summed E-state index contributed by atoms with van der Waals surface area (Å²) >= 11 is 0. The second-order valence-electron chi connectivity index (χ2n) is 6.21. The monoisotopic (exact) mass is 355 g/mol. The van der Waals surface area contributed by atoms with E-state index in [0.29, 0.717) is 36.0 Å². The van der Waals surface area contributed by atoms with Crippen molar-refractivity contribution in [3.63, 3.8) is 0 Å². The fourth-order valence-corrected chi connectivity index (χ4v) is 2.69. The van der Waals surface area contributed by atoms with Crippen molar-refractivity contribution in [1.29, 1.82) is 0 Å². The zero-order valence-electron chi connectivity index (χ0n) is 15.0. The summed E-state index contributed by atoms with van der Waals surface area (Å²) in [6, 6.07) is 10.6. The first-order valence-electron chi connectivity index (χ1n) is 8.43.